The first kappa shape index (κ1) is 14.2. The molecular formula is C12H12F2N2O4. The van der Waals surface area contributed by atoms with Crippen LogP contribution in [0, 0.1) is 11.6 Å². The number of amides is 2. The number of carboxylic acids is 1. The zero-order chi connectivity index (χ0) is 14.9. The largest absolute Gasteiger partial charge is 0.480 e. The van der Waals surface area contributed by atoms with Crippen LogP contribution in [0.4, 0.5) is 19.3 Å². The van der Waals surface area contributed by atoms with Crippen molar-refractivity contribution in [2.45, 2.75) is 18.6 Å². The van der Waals surface area contributed by atoms with Crippen molar-refractivity contribution in [3.05, 3.63) is 29.8 Å². The number of likely N-dealkylation sites (tertiary alicyclic amines) is 1. The first-order chi connectivity index (χ1) is 9.38. The Labute approximate surface area is 112 Å². The van der Waals surface area contributed by atoms with Gasteiger partial charge in [0.15, 0.2) is 0 Å². The Morgan fingerprint density at radius 2 is 2.05 bits per heavy atom. The summed E-state index contributed by atoms with van der Waals surface area (Å²) in [5.74, 6) is -2.85. The lowest BCUT2D eigenvalue weighted by molar-refractivity contribution is -0.141. The average Bonchev–Trinajstić information content (AvgIpc) is 2.76. The summed E-state index contributed by atoms with van der Waals surface area (Å²) in [5.41, 5.74) is -0.388. The Hall–Kier alpha value is -2.22. The molecule has 2 amide bonds. The molecule has 1 aromatic rings. The van der Waals surface area contributed by atoms with Crippen LogP contribution < -0.4 is 5.32 Å². The fourth-order valence-corrected chi connectivity index (χ4v) is 2.05. The van der Waals surface area contributed by atoms with E-state index in [0.717, 1.165) is 23.1 Å². The lowest BCUT2D eigenvalue weighted by atomic mass is 10.2. The highest BCUT2D eigenvalue weighted by atomic mass is 19.1. The molecule has 0 spiro atoms. The number of carbonyl (C=O) groups excluding carboxylic acids is 1. The summed E-state index contributed by atoms with van der Waals surface area (Å²) in [5, 5.41) is 20.5. The van der Waals surface area contributed by atoms with E-state index in [4.69, 9.17) is 5.11 Å². The summed E-state index contributed by atoms with van der Waals surface area (Å²) in [4.78, 5) is 23.7. The number of aliphatic hydroxyl groups excluding tert-OH is 1. The first-order valence-electron chi connectivity index (χ1n) is 5.82. The van der Waals surface area contributed by atoms with Gasteiger partial charge < -0.3 is 20.4 Å². The monoisotopic (exact) mass is 286 g/mol. The summed E-state index contributed by atoms with van der Waals surface area (Å²) < 4.78 is 26.4. The van der Waals surface area contributed by atoms with Crippen LogP contribution in [0.25, 0.3) is 0 Å². The number of β-amino-alcohol motifs (C(OH)–C–C–N with tert-alkyl or cyclic N) is 1. The highest BCUT2D eigenvalue weighted by molar-refractivity contribution is 5.92. The van der Waals surface area contributed by atoms with Crippen LogP contribution in [0.2, 0.25) is 0 Å². The molecule has 2 atom stereocenters. The summed E-state index contributed by atoms with van der Waals surface area (Å²) >= 11 is 0. The second-order valence-corrected chi connectivity index (χ2v) is 4.45. The van der Waals surface area contributed by atoms with Gasteiger partial charge in [-0.05, 0) is 12.1 Å². The smallest absolute Gasteiger partial charge is 0.326 e. The fourth-order valence-electron chi connectivity index (χ4n) is 2.05. The molecule has 1 fully saturated rings. The lowest BCUT2D eigenvalue weighted by Crippen LogP contribution is -2.43. The number of aliphatic carboxylic acids is 1. The normalized spacial score (nSPS) is 21.9. The van der Waals surface area contributed by atoms with E-state index in [1.165, 1.54) is 0 Å². The molecule has 1 aliphatic rings. The van der Waals surface area contributed by atoms with Crippen molar-refractivity contribution in [3.63, 3.8) is 0 Å². The predicted octanol–water partition coefficient (Wildman–Crippen LogP) is 1.02. The van der Waals surface area contributed by atoms with Crippen molar-refractivity contribution in [1.29, 1.82) is 0 Å². The van der Waals surface area contributed by atoms with Crippen LogP contribution in [0.1, 0.15) is 6.42 Å². The molecule has 0 aliphatic carbocycles. The van der Waals surface area contributed by atoms with Crippen molar-refractivity contribution in [3.8, 4) is 0 Å². The Bertz CT molecular complexity index is 552. The highest BCUT2D eigenvalue weighted by Gasteiger charge is 2.39. The molecule has 1 aliphatic heterocycles. The number of anilines is 1. The van der Waals surface area contributed by atoms with Gasteiger partial charge in [-0.3, -0.25) is 0 Å². The van der Waals surface area contributed by atoms with E-state index >= 15 is 0 Å². The number of nitrogens with zero attached hydrogens (tertiary/aromatic N) is 1. The molecule has 108 valence electrons. The highest BCUT2D eigenvalue weighted by Crippen LogP contribution is 2.21. The Morgan fingerprint density at radius 1 is 1.35 bits per heavy atom. The molecule has 0 unspecified atom stereocenters. The number of rotatable bonds is 2. The quantitative estimate of drug-likeness (QED) is 0.757. The number of benzene rings is 1. The lowest BCUT2D eigenvalue weighted by Gasteiger charge is -2.21. The predicted molar refractivity (Wildman–Crippen MR) is 64.1 cm³/mol. The van der Waals surface area contributed by atoms with Gasteiger partial charge >= 0.3 is 12.0 Å². The number of aliphatic hydroxyl groups is 1. The topological polar surface area (TPSA) is 89.9 Å². The Balaban J connectivity index is 2.15. The third-order valence-electron chi connectivity index (χ3n) is 2.99. The van der Waals surface area contributed by atoms with Crippen LogP contribution in [0.5, 0.6) is 0 Å². The minimum absolute atomic E-state index is 0.103. The van der Waals surface area contributed by atoms with Crippen molar-refractivity contribution in [1.82, 2.24) is 4.90 Å². The van der Waals surface area contributed by atoms with Gasteiger partial charge in [0.05, 0.1) is 11.8 Å². The third kappa shape index (κ3) is 2.85. The molecule has 8 heteroatoms. The van der Waals surface area contributed by atoms with Crippen molar-refractivity contribution in [2.24, 2.45) is 0 Å². The summed E-state index contributed by atoms with van der Waals surface area (Å²) in [6.45, 7) is -0.181. The zero-order valence-electron chi connectivity index (χ0n) is 10.2. The van der Waals surface area contributed by atoms with E-state index in [1.54, 1.807) is 0 Å². The SMILES string of the molecule is O=C(O)[C@@H]1C[C@@H](O)CN1C(=O)Nc1cc(F)ccc1F. The Morgan fingerprint density at radius 3 is 2.70 bits per heavy atom. The number of urea groups is 1. The summed E-state index contributed by atoms with van der Waals surface area (Å²) in [6, 6.07) is 0.429. The van der Waals surface area contributed by atoms with E-state index in [0.29, 0.717) is 0 Å². The maximum atomic E-state index is 13.4. The molecule has 1 aromatic carbocycles. The number of hydrogen-bond acceptors (Lipinski definition) is 3. The van der Waals surface area contributed by atoms with Gasteiger partial charge in [-0.2, -0.15) is 0 Å². The third-order valence-corrected chi connectivity index (χ3v) is 2.99. The standard InChI is InChI=1S/C12H12F2N2O4/c13-6-1-2-8(14)9(3-6)15-12(20)16-5-7(17)4-10(16)11(18)19/h1-3,7,10,17H,4-5H2,(H,15,20)(H,18,19)/t7-,10+/m1/s1. The van der Waals surface area contributed by atoms with Crippen LogP contribution in [0.3, 0.4) is 0 Å². The van der Waals surface area contributed by atoms with Gasteiger partial charge in [0.1, 0.15) is 17.7 Å². The van der Waals surface area contributed by atoms with Crippen molar-refractivity contribution < 1.29 is 28.6 Å². The summed E-state index contributed by atoms with van der Waals surface area (Å²) in [7, 11) is 0. The second kappa shape index (κ2) is 5.41. The Kier molecular flexibility index (Phi) is 3.84. The number of halogens is 2. The van der Waals surface area contributed by atoms with E-state index in [1.807, 2.05) is 0 Å². The number of nitrogens with one attached hydrogen (secondary N) is 1. The van der Waals surface area contributed by atoms with Gasteiger partial charge in [-0.25, -0.2) is 18.4 Å². The van der Waals surface area contributed by atoms with E-state index in [-0.39, 0.29) is 18.7 Å². The van der Waals surface area contributed by atoms with E-state index in [9.17, 15) is 23.5 Å². The van der Waals surface area contributed by atoms with Crippen LogP contribution >= 0.6 is 0 Å². The van der Waals surface area contributed by atoms with Crippen LogP contribution in [0.15, 0.2) is 18.2 Å². The van der Waals surface area contributed by atoms with E-state index in [2.05, 4.69) is 5.32 Å². The van der Waals surface area contributed by atoms with Crippen LogP contribution in [-0.2, 0) is 4.79 Å². The molecule has 0 radical (unpaired) electrons. The number of carboxylic acid groups (broad SMARTS) is 1. The molecule has 1 heterocycles. The molecule has 0 aromatic heterocycles. The minimum Gasteiger partial charge on any atom is -0.480 e. The van der Waals surface area contributed by atoms with Gasteiger partial charge in [0.25, 0.3) is 0 Å². The molecular weight excluding hydrogens is 274 g/mol. The van der Waals surface area contributed by atoms with Gasteiger partial charge in [0.2, 0.25) is 0 Å². The fraction of sp³-hybridized carbons (Fsp3) is 0.333. The molecule has 6 nitrogen and oxygen atoms in total. The first-order valence-corrected chi connectivity index (χ1v) is 5.82. The molecule has 1 saturated heterocycles. The van der Waals surface area contributed by atoms with E-state index < -0.39 is 35.8 Å². The van der Waals surface area contributed by atoms with Gasteiger partial charge in [-0.1, -0.05) is 0 Å². The van der Waals surface area contributed by atoms with Gasteiger partial charge in [0, 0.05) is 19.0 Å². The number of carbonyl (C=O) groups is 2. The molecule has 0 bridgehead atoms. The van der Waals surface area contributed by atoms with Crippen molar-refractivity contribution >= 4 is 17.7 Å². The molecule has 0 saturated carbocycles. The molecule has 3 N–H and O–H groups in total. The zero-order valence-corrected chi connectivity index (χ0v) is 10.2. The summed E-state index contributed by atoms with van der Waals surface area (Å²) in [6.07, 6.45) is -1.06. The molecule has 2 rings (SSSR count). The van der Waals surface area contributed by atoms with Crippen LogP contribution in [-0.4, -0.2) is 45.8 Å². The molecule has 20 heavy (non-hydrogen) atoms. The average molecular weight is 286 g/mol. The maximum Gasteiger partial charge on any atom is 0.326 e. The number of hydrogen-bond donors (Lipinski definition) is 3. The van der Waals surface area contributed by atoms with Gasteiger partial charge in [-0.15, -0.1) is 0 Å². The minimum atomic E-state index is -1.27. The second-order valence-electron chi connectivity index (χ2n) is 4.45. The maximum absolute atomic E-state index is 13.4. The van der Waals surface area contributed by atoms with Crippen molar-refractivity contribution in [2.75, 3.05) is 11.9 Å².